The smallest absolute Gasteiger partial charge is 0.0408 e. The highest BCUT2D eigenvalue weighted by molar-refractivity contribution is 6.30. The van der Waals surface area contributed by atoms with E-state index < -0.39 is 0 Å². The molecule has 2 N–H and O–H groups in total. The van der Waals surface area contributed by atoms with Gasteiger partial charge in [0.2, 0.25) is 0 Å². The normalized spacial score (nSPS) is 28.9. The van der Waals surface area contributed by atoms with Crippen LogP contribution in [0.15, 0.2) is 24.3 Å². The van der Waals surface area contributed by atoms with Gasteiger partial charge < -0.3 is 5.73 Å². The van der Waals surface area contributed by atoms with E-state index >= 15 is 0 Å². The number of hydrogen-bond acceptors (Lipinski definition) is 1. The van der Waals surface area contributed by atoms with Crippen molar-refractivity contribution in [1.29, 1.82) is 0 Å². The fraction of sp³-hybridized carbons (Fsp3) is 0.500. The average Bonchev–Trinajstić information content (AvgIpc) is 2.68. The second kappa shape index (κ2) is 3.25. The Hall–Kier alpha value is -0.530. The molecule has 2 atom stereocenters. The van der Waals surface area contributed by atoms with Gasteiger partial charge in [0, 0.05) is 5.02 Å². The standard InChI is InChI=1S/C12H16ClN/c1-12(2)10(7-14)11(12)8-4-3-5-9(13)6-8/h3-6,10-11H,7,14H2,1-2H3/t10-,11-/m0/s1. The van der Waals surface area contributed by atoms with Crippen LogP contribution in [0.4, 0.5) is 0 Å². The lowest BCUT2D eigenvalue weighted by atomic mass is 10.0. The van der Waals surface area contributed by atoms with Crippen molar-refractivity contribution in [3.05, 3.63) is 34.9 Å². The van der Waals surface area contributed by atoms with Crippen molar-refractivity contribution < 1.29 is 0 Å². The summed E-state index contributed by atoms with van der Waals surface area (Å²) in [7, 11) is 0. The number of hydrogen-bond donors (Lipinski definition) is 1. The Balaban J connectivity index is 2.26. The second-order valence-electron chi connectivity index (χ2n) is 4.70. The molecule has 2 heteroatoms. The van der Waals surface area contributed by atoms with E-state index in [4.69, 9.17) is 17.3 Å². The van der Waals surface area contributed by atoms with Crippen molar-refractivity contribution in [2.45, 2.75) is 19.8 Å². The Morgan fingerprint density at radius 1 is 1.43 bits per heavy atom. The summed E-state index contributed by atoms with van der Waals surface area (Å²) in [6.45, 7) is 5.32. The summed E-state index contributed by atoms with van der Waals surface area (Å²) in [5.74, 6) is 1.20. The van der Waals surface area contributed by atoms with Gasteiger partial charge in [-0.05, 0) is 41.5 Å². The van der Waals surface area contributed by atoms with Gasteiger partial charge in [0.25, 0.3) is 0 Å². The van der Waals surface area contributed by atoms with Crippen molar-refractivity contribution in [2.75, 3.05) is 6.54 Å². The summed E-state index contributed by atoms with van der Waals surface area (Å²) >= 11 is 5.97. The van der Waals surface area contributed by atoms with Crippen molar-refractivity contribution in [3.63, 3.8) is 0 Å². The minimum atomic E-state index is 0.347. The molecule has 0 saturated heterocycles. The molecule has 0 aromatic heterocycles. The van der Waals surface area contributed by atoms with Crippen LogP contribution >= 0.6 is 11.6 Å². The van der Waals surface area contributed by atoms with Gasteiger partial charge in [-0.15, -0.1) is 0 Å². The van der Waals surface area contributed by atoms with Crippen LogP contribution in [0.5, 0.6) is 0 Å². The highest BCUT2D eigenvalue weighted by atomic mass is 35.5. The molecular formula is C12H16ClN. The molecule has 0 spiro atoms. The minimum Gasteiger partial charge on any atom is -0.330 e. The molecule has 1 aliphatic rings. The molecule has 14 heavy (non-hydrogen) atoms. The molecule has 0 aliphatic heterocycles. The van der Waals surface area contributed by atoms with Crippen LogP contribution in [0, 0.1) is 11.3 Å². The Labute approximate surface area is 90.3 Å². The van der Waals surface area contributed by atoms with E-state index in [-0.39, 0.29) is 0 Å². The van der Waals surface area contributed by atoms with Gasteiger partial charge in [-0.1, -0.05) is 37.6 Å². The van der Waals surface area contributed by atoms with Crippen molar-refractivity contribution in [3.8, 4) is 0 Å². The predicted molar refractivity (Wildman–Crippen MR) is 60.5 cm³/mol. The first kappa shape index (κ1) is 10.0. The zero-order valence-corrected chi connectivity index (χ0v) is 9.38. The van der Waals surface area contributed by atoms with Crippen LogP contribution in [0.25, 0.3) is 0 Å². The summed E-state index contributed by atoms with van der Waals surface area (Å²) in [5, 5.41) is 0.820. The quantitative estimate of drug-likeness (QED) is 0.796. The molecule has 76 valence electrons. The molecule has 0 amide bonds. The van der Waals surface area contributed by atoms with Crippen LogP contribution in [-0.4, -0.2) is 6.54 Å². The SMILES string of the molecule is CC1(C)[C@@H](CN)[C@@H]1c1cccc(Cl)c1. The number of nitrogens with two attached hydrogens (primary N) is 1. The molecule has 0 unspecified atom stereocenters. The highest BCUT2D eigenvalue weighted by Crippen LogP contribution is 2.63. The molecule has 1 fully saturated rings. The van der Waals surface area contributed by atoms with Gasteiger partial charge in [-0.3, -0.25) is 0 Å². The van der Waals surface area contributed by atoms with Crippen LogP contribution < -0.4 is 5.73 Å². The zero-order valence-electron chi connectivity index (χ0n) is 8.63. The molecule has 1 aliphatic carbocycles. The van der Waals surface area contributed by atoms with Crippen LogP contribution in [0.2, 0.25) is 5.02 Å². The molecule has 1 saturated carbocycles. The average molecular weight is 210 g/mol. The Morgan fingerprint density at radius 2 is 2.14 bits per heavy atom. The number of benzene rings is 1. The molecule has 2 rings (SSSR count). The summed E-state index contributed by atoms with van der Waals surface area (Å²) < 4.78 is 0. The Bertz CT molecular complexity index is 346. The van der Waals surface area contributed by atoms with Gasteiger partial charge in [-0.2, -0.15) is 0 Å². The van der Waals surface area contributed by atoms with E-state index in [1.165, 1.54) is 5.56 Å². The van der Waals surface area contributed by atoms with E-state index in [1.54, 1.807) is 0 Å². The van der Waals surface area contributed by atoms with Gasteiger partial charge in [0.1, 0.15) is 0 Å². The van der Waals surface area contributed by atoms with E-state index in [0.717, 1.165) is 11.6 Å². The minimum absolute atomic E-state index is 0.347. The van der Waals surface area contributed by atoms with Crippen molar-refractivity contribution in [2.24, 2.45) is 17.1 Å². The molecule has 0 radical (unpaired) electrons. The molecular weight excluding hydrogens is 194 g/mol. The lowest BCUT2D eigenvalue weighted by Gasteiger charge is -2.03. The Kier molecular flexibility index (Phi) is 2.32. The van der Waals surface area contributed by atoms with Crippen molar-refractivity contribution >= 4 is 11.6 Å². The number of rotatable bonds is 2. The first-order valence-electron chi connectivity index (χ1n) is 5.03. The van der Waals surface area contributed by atoms with Crippen LogP contribution in [0.1, 0.15) is 25.3 Å². The van der Waals surface area contributed by atoms with Crippen LogP contribution in [-0.2, 0) is 0 Å². The third kappa shape index (κ3) is 1.45. The highest BCUT2D eigenvalue weighted by Gasteiger charge is 2.57. The monoisotopic (exact) mass is 209 g/mol. The second-order valence-corrected chi connectivity index (χ2v) is 5.13. The van der Waals surface area contributed by atoms with E-state index in [2.05, 4.69) is 26.0 Å². The topological polar surface area (TPSA) is 26.0 Å². The van der Waals surface area contributed by atoms with E-state index in [1.807, 2.05) is 12.1 Å². The predicted octanol–water partition coefficient (Wildman–Crippen LogP) is 3.04. The lowest BCUT2D eigenvalue weighted by molar-refractivity contribution is 0.558. The summed E-state index contributed by atoms with van der Waals surface area (Å²) in [6, 6.07) is 8.13. The molecule has 1 aromatic carbocycles. The van der Waals surface area contributed by atoms with Crippen molar-refractivity contribution in [1.82, 2.24) is 0 Å². The third-order valence-corrected chi connectivity index (χ3v) is 3.75. The summed E-state index contributed by atoms with van der Waals surface area (Å²) in [6.07, 6.45) is 0. The maximum atomic E-state index is 5.97. The fourth-order valence-corrected chi connectivity index (χ4v) is 2.74. The zero-order chi connectivity index (χ0) is 10.3. The van der Waals surface area contributed by atoms with Gasteiger partial charge >= 0.3 is 0 Å². The van der Waals surface area contributed by atoms with Crippen LogP contribution in [0.3, 0.4) is 0 Å². The maximum absolute atomic E-state index is 5.97. The van der Waals surface area contributed by atoms with E-state index in [0.29, 0.717) is 17.3 Å². The molecule has 1 nitrogen and oxygen atoms in total. The van der Waals surface area contributed by atoms with Gasteiger partial charge in [-0.25, -0.2) is 0 Å². The lowest BCUT2D eigenvalue weighted by Crippen LogP contribution is -2.05. The maximum Gasteiger partial charge on any atom is 0.0408 e. The largest absolute Gasteiger partial charge is 0.330 e. The molecule has 0 heterocycles. The van der Waals surface area contributed by atoms with Gasteiger partial charge in [0.05, 0.1) is 0 Å². The Morgan fingerprint density at radius 3 is 2.64 bits per heavy atom. The molecule has 0 bridgehead atoms. The third-order valence-electron chi connectivity index (χ3n) is 3.51. The van der Waals surface area contributed by atoms with E-state index in [9.17, 15) is 0 Å². The van der Waals surface area contributed by atoms with Gasteiger partial charge in [0.15, 0.2) is 0 Å². The fourth-order valence-electron chi connectivity index (χ4n) is 2.55. The summed E-state index contributed by atoms with van der Waals surface area (Å²) in [4.78, 5) is 0. The first-order valence-corrected chi connectivity index (χ1v) is 5.40. The molecule has 1 aromatic rings. The first-order chi connectivity index (χ1) is 6.57. The number of halogens is 1. The summed E-state index contributed by atoms with van der Waals surface area (Å²) in [5.41, 5.74) is 7.42.